The van der Waals surface area contributed by atoms with Crippen molar-refractivity contribution in [3.05, 3.63) is 54.1 Å². The van der Waals surface area contributed by atoms with Gasteiger partial charge in [-0.2, -0.15) is 0 Å². The maximum absolute atomic E-state index is 5.62. The maximum Gasteiger partial charge on any atom is 0.191 e. The lowest BCUT2D eigenvalue weighted by Crippen LogP contribution is -2.41. The number of nitrogens with zero attached hydrogens (tertiary/aromatic N) is 6. The van der Waals surface area contributed by atoms with Crippen LogP contribution in [0.4, 0.5) is 5.82 Å². The molecule has 0 aliphatic carbocycles. The van der Waals surface area contributed by atoms with E-state index in [4.69, 9.17) is 4.74 Å². The summed E-state index contributed by atoms with van der Waals surface area (Å²) < 4.78 is 7.58. The SMILES string of the molecule is CN=C(NCc1ccnc(N2CCOC(C)C2)c1)NCc1nnc2ccccn12.I. The number of rotatable bonds is 5. The molecule has 1 aliphatic rings. The average molecular weight is 522 g/mol. The summed E-state index contributed by atoms with van der Waals surface area (Å²) in [4.78, 5) is 11.1. The van der Waals surface area contributed by atoms with Crippen LogP contribution in [0, 0.1) is 0 Å². The highest BCUT2D eigenvalue weighted by molar-refractivity contribution is 14.0. The number of aromatic nitrogens is 4. The van der Waals surface area contributed by atoms with Crippen LogP contribution in [-0.2, 0) is 17.8 Å². The molecule has 1 atom stereocenters. The van der Waals surface area contributed by atoms with Gasteiger partial charge in [-0.3, -0.25) is 9.39 Å². The van der Waals surface area contributed by atoms with Gasteiger partial charge in [-0.25, -0.2) is 4.98 Å². The van der Waals surface area contributed by atoms with E-state index in [2.05, 4.69) is 48.7 Å². The molecule has 4 rings (SSSR count). The van der Waals surface area contributed by atoms with E-state index < -0.39 is 0 Å². The molecule has 1 saturated heterocycles. The number of fused-ring (bicyclic) bond motifs is 1. The van der Waals surface area contributed by atoms with Crippen molar-refractivity contribution in [2.24, 2.45) is 4.99 Å². The molecule has 4 heterocycles. The molecule has 0 aromatic carbocycles. The number of pyridine rings is 2. The lowest BCUT2D eigenvalue weighted by Gasteiger charge is -2.32. The van der Waals surface area contributed by atoms with Crippen LogP contribution >= 0.6 is 24.0 Å². The van der Waals surface area contributed by atoms with Crippen molar-refractivity contribution in [1.29, 1.82) is 0 Å². The lowest BCUT2D eigenvalue weighted by molar-refractivity contribution is 0.0529. The Balaban J connectivity index is 0.00000256. The van der Waals surface area contributed by atoms with Gasteiger partial charge in [0.25, 0.3) is 0 Å². The summed E-state index contributed by atoms with van der Waals surface area (Å²) in [5, 5.41) is 15.0. The van der Waals surface area contributed by atoms with Crippen LogP contribution < -0.4 is 15.5 Å². The minimum Gasteiger partial charge on any atom is -0.375 e. The largest absolute Gasteiger partial charge is 0.375 e. The fraction of sp³-hybridized carbons (Fsp3) is 0.400. The minimum atomic E-state index is 0. The third-order valence-electron chi connectivity index (χ3n) is 4.86. The number of aliphatic imine (C=N–C) groups is 1. The van der Waals surface area contributed by atoms with Gasteiger partial charge in [0, 0.05) is 39.1 Å². The fourth-order valence-electron chi connectivity index (χ4n) is 3.35. The Bertz CT molecular complexity index is 992. The Morgan fingerprint density at radius 3 is 2.93 bits per heavy atom. The van der Waals surface area contributed by atoms with E-state index in [0.29, 0.717) is 19.0 Å². The average Bonchev–Trinajstić information content (AvgIpc) is 3.17. The molecule has 3 aromatic rings. The van der Waals surface area contributed by atoms with Crippen molar-refractivity contribution < 1.29 is 4.74 Å². The summed E-state index contributed by atoms with van der Waals surface area (Å²) in [7, 11) is 1.75. The van der Waals surface area contributed by atoms with Crippen LogP contribution in [0.15, 0.2) is 47.7 Å². The Labute approximate surface area is 193 Å². The lowest BCUT2D eigenvalue weighted by atomic mass is 10.2. The predicted octanol–water partition coefficient (Wildman–Crippen LogP) is 1.83. The van der Waals surface area contributed by atoms with Crippen molar-refractivity contribution in [3.63, 3.8) is 0 Å². The van der Waals surface area contributed by atoms with Crippen molar-refractivity contribution in [2.45, 2.75) is 26.1 Å². The van der Waals surface area contributed by atoms with Gasteiger partial charge < -0.3 is 20.3 Å². The van der Waals surface area contributed by atoms with Crippen LogP contribution in [0.2, 0.25) is 0 Å². The van der Waals surface area contributed by atoms with Gasteiger partial charge in [0.1, 0.15) is 5.82 Å². The first-order valence-electron chi connectivity index (χ1n) is 9.77. The smallest absolute Gasteiger partial charge is 0.191 e. The molecule has 3 aromatic heterocycles. The molecule has 1 unspecified atom stereocenters. The van der Waals surface area contributed by atoms with Crippen LogP contribution in [-0.4, -0.2) is 58.4 Å². The zero-order valence-electron chi connectivity index (χ0n) is 17.2. The van der Waals surface area contributed by atoms with Gasteiger partial charge in [-0.05, 0) is 36.8 Å². The first kappa shape index (κ1) is 22.2. The summed E-state index contributed by atoms with van der Waals surface area (Å²) in [6, 6.07) is 9.97. The van der Waals surface area contributed by atoms with Gasteiger partial charge in [-0.15, -0.1) is 34.2 Å². The highest BCUT2D eigenvalue weighted by atomic mass is 127. The van der Waals surface area contributed by atoms with E-state index in [9.17, 15) is 0 Å². The third-order valence-corrected chi connectivity index (χ3v) is 4.86. The first-order valence-corrected chi connectivity index (χ1v) is 9.77. The molecule has 1 fully saturated rings. The number of anilines is 1. The highest BCUT2D eigenvalue weighted by Gasteiger charge is 2.18. The Morgan fingerprint density at radius 1 is 1.23 bits per heavy atom. The Kier molecular flexibility index (Phi) is 7.80. The van der Waals surface area contributed by atoms with Crippen LogP contribution in [0.1, 0.15) is 18.3 Å². The van der Waals surface area contributed by atoms with E-state index >= 15 is 0 Å². The summed E-state index contributed by atoms with van der Waals surface area (Å²) in [6.45, 7) is 5.72. The molecule has 1 aliphatic heterocycles. The second-order valence-corrected chi connectivity index (χ2v) is 6.97. The summed E-state index contributed by atoms with van der Waals surface area (Å²) in [5.74, 6) is 2.52. The monoisotopic (exact) mass is 522 g/mol. The van der Waals surface area contributed by atoms with E-state index in [-0.39, 0.29) is 30.1 Å². The maximum atomic E-state index is 5.62. The van der Waals surface area contributed by atoms with E-state index in [1.807, 2.05) is 41.1 Å². The molecule has 0 amide bonds. The van der Waals surface area contributed by atoms with Crippen LogP contribution in [0.3, 0.4) is 0 Å². The third kappa shape index (κ3) is 5.36. The second-order valence-electron chi connectivity index (χ2n) is 6.97. The van der Waals surface area contributed by atoms with E-state index in [1.54, 1.807) is 7.05 Å². The highest BCUT2D eigenvalue weighted by Crippen LogP contribution is 2.16. The van der Waals surface area contributed by atoms with Gasteiger partial charge in [0.05, 0.1) is 19.3 Å². The molecule has 2 N–H and O–H groups in total. The molecule has 0 radical (unpaired) electrons. The van der Waals surface area contributed by atoms with Crippen LogP contribution in [0.25, 0.3) is 5.65 Å². The number of ether oxygens (including phenoxy) is 1. The normalized spacial score (nSPS) is 16.9. The summed E-state index contributed by atoms with van der Waals surface area (Å²) >= 11 is 0. The summed E-state index contributed by atoms with van der Waals surface area (Å²) in [6.07, 6.45) is 4.03. The Morgan fingerprint density at radius 2 is 2.10 bits per heavy atom. The molecule has 0 saturated carbocycles. The van der Waals surface area contributed by atoms with Gasteiger partial charge in [-0.1, -0.05) is 6.07 Å². The fourth-order valence-corrected chi connectivity index (χ4v) is 3.35. The Hall–Kier alpha value is -2.47. The second kappa shape index (κ2) is 10.5. The minimum absolute atomic E-state index is 0. The van der Waals surface area contributed by atoms with E-state index in [0.717, 1.165) is 42.5 Å². The first-order chi connectivity index (χ1) is 14.2. The van der Waals surface area contributed by atoms with Crippen molar-refractivity contribution >= 4 is 41.4 Å². The van der Waals surface area contributed by atoms with Gasteiger partial charge >= 0.3 is 0 Å². The molecule has 30 heavy (non-hydrogen) atoms. The predicted molar refractivity (Wildman–Crippen MR) is 127 cm³/mol. The molecule has 10 heteroatoms. The molecule has 9 nitrogen and oxygen atoms in total. The number of guanidine groups is 1. The van der Waals surface area contributed by atoms with Crippen molar-refractivity contribution in [3.8, 4) is 0 Å². The van der Waals surface area contributed by atoms with Gasteiger partial charge in [0.15, 0.2) is 17.4 Å². The van der Waals surface area contributed by atoms with Crippen molar-refractivity contribution in [1.82, 2.24) is 30.2 Å². The molecular weight excluding hydrogens is 495 g/mol. The topological polar surface area (TPSA) is 92.0 Å². The quantitative estimate of drug-likeness (QED) is 0.300. The van der Waals surface area contributed by atoms with Crippen molar-refractivity contribution in [2.75, 3.05) is 31.6 Å². The molecule has 160 valence electrons. The number of hydrogen-bond donors (Lipinski definition) is 2. The molecular formula is C20H27IN8O. The standard InChI is InChI=1S/C20H26N8O.HI/c1-15-14-27(9-10-29-15)18-11-16(6-7-22-18)12-23-20(21-2)24-13-19-26-25-17-5-3-4-8-28(17)19;/h3-8,11,15H,9-10,12-14H2,1-2H3,(H2,21,23,24);1H. The van der Waals surface area contributed by atoms with Crippen LogP contribution in [0.5, 0.6) is 0 Å². The number of hydrogen-bond acceptors (Lipinski definition) is 6. The van der Waals surface area contributed by atoms with E-state index in [1.165, 1.54) is 0 Å². The molecule has 0 spiro atoms. The number of nitrogens with one attached hydrogen (secondary N) is 2. The zero-order chi connectivity index (χ0) is 20.1. The van der Waals surface area contributed by atoms with Gasteiger partial charge in [0.2, 0.25) is 0 Å². The number of halogens is 1. The number of morpholine rings is 1. The molecule has 0 bridgehead atoms. The zero-order valence-corrected chi connectivity index (χ0v) is 19.5. The summed E-state index contributed by atoms with van der Waals surface area (Å²) in [5.41, 5.74) is 1.97.